The van der Waals surface area contributed by atoms with Crippen LogP contribution in [0.2, 0.25) is 0 Å². The number of aliphatic imine (C=N–C) groups is 1. The van der Waals surface area contributed by atoms with Crippen molar-refractivity contribution in [1.82, 2.24) is 15.6 Å². The lowest BCUT2D eigenvalue weighted by atomic mass is 10.1. The number of nitrogens with one attached hydrogen (secondary N) is 2. The summed E-state index contributed by atoms with van der Waals surface area (Å²) in [5.74, 6) is 1.71. The van der Waals surface area contributed by atoms with Gasteiger partial charge in [0.1, 0.15) is 5.76 Å². The van der Waals surface area contributed by atoms with Crippen LogP contribution in [0.1, 0.15) is 28.5 Å². The van der Waals surface area contributed by atoms with Crippen molar-refractivity contribution in [3.63, 3.8) is 0 Å². The average molecular weight is 468 g/mol. The maximum absolute atomic E-state index is 12.7. The molecule has 0 aliphatic carbocycles. The molecule has 9 heteroatoms. The first-order valence-corrected chi connectivity index (χ1v) is 7.33. The lowest BCUT2D eigenvalue weighted by Crippen LogP contribution is -2.36. The van der Waals surface area contributed by atoms with Crippen molar-refractivity contribution in [2.45, 2.75) is 33.1 Å². The second-order valence-electron chi connectivity index (χ2n) is 5.23. The molecule has 1 aromatic carbocycles. The van der Waals surface area contributed by atoms with E-state index in [0.29, 0.717) is 24.0 Å². The van der Waals surface area contributed by atoms with Gasteiger partial charge in [-0.3, -0.25) is 4.99 Å². The van der Waals surface area contributed by atoms with E-state index >= 15 is 0 Å². The van der Waals surface area contributed by atoms with Crippen molar-refractivity contribution in [1.29, 1.82) is 0 Å². The van der Waals surface area contributed by atoms with Crippen molar-refractivity contribution < 1.29 is 17.6 Å². The number of alkyl halides is 3. The van der Waals surface area contributed by atoms with Crippen molar-refractivity contribution in [2.24, 2.45) is 4.99 Å². The van der Waals surface area contributed by atoms with Gasteiger partial charge in [0.05, 0.1) is 17.8 Å². The molecule has 1 heterocycles. The van der Waals surface area contributed by atoms with E-state index < -0.39 is 11.7 Å². The molecule has 25 heavy (non-hydrogen) atoms. The Morgan fingerprint density at radius 2 is 1.88 bits per heavy atom. The predicted molar refractivity (Wildman–Crippen MR) is 99.9 cm³/mol. The molecule has 0 amide bonds. The summed E-state index contributed by atoms with van der Waals surface area (Å²) in [4.78, 5) is 8.26. The number of hydrogen-bond acceptors (Lipinski definition) is 3. The summed E-state index contributed by atoms with van der Waals surface area (Å²) in [6, 6.07) is 5.16. The van der Waals surface area contributed by atoms with Crippen LogP contribution in [0, 0.1) is 13.8 Å². The number of aromatic nitrogens is 1. The van der Waals surface area contributed by atoms with Crippen molar-refractivity contribution in [3.8, 4) is 0 Å². The maximum atomic E-state index is 12.7. The van der Waals surface area contributed by atoms with Crippen LogP contribution in [0.4, 0.5) is 13.2 Å². The molecule has 0 spiro atoms. The molecule has 0 radical (unpaired) electrons. The van der Waals surface area contributed by atoms with Gasteiger partial charge in [-0.05, 0) is 31.5 Å². The number of benzene rings is 1. The van der Waals surface area contributed by atoms with Crippen LogP contribution in [0.15, 0.2) is 33.7 Å². The minimum atomic E-state index is -4.35. The zero-order valence-corrected chi connectivity index (χ0v) is 16.4. The molecule has 0 unspecified atom stereocenters. The molecule has 2 N–H and O–H groups in total. The van der Waals surface area contributed by atoms with E-state index in [9.17, 15) is 13.2 Å². The molecule has 0 aliphatic rings. The number of guanidine groups is 1. The molecule has 2 aromatic rings. The average Bonchev–Trinajstić information content (AvgIpc) is 2.85. The van der Waals surface area contributed by atoms with Gasteiger partial charge in [-0.15, -0.1) is 24.0 Å². The molecule has 2 rings (SSSR count). The van der Waals surface area contributed by atoms with E-state index in [0.717, 1.165) is 23.6 Å². The molecule has 0 saturated heterocycles. The van der Waals surface area contributed by atoms with Gasteiger partial charge < -0.3 is 15.1 Å². The summed E-state index contributed by atoms with van der Waals surface area (Å²) in [6.07, 6.45) is -4.35. The van der Waals surface area contributed by atoms with Crippen LogP contribution in [0.5, 0.6) is 0 Å². The Bertz CT molecular complexity index is 709. The highest BCUT2D eigenvalue weighted by Crippen LogP contribution is 2.29. The Labute approximate surface area is 161 Å². The largest absolute Gasteiger partial charge is 0.444 e. The smallest absolute Gasteiger partial charge is 0.416 e. The predicted octanol–water partition coefficient (Wildman–Crippen LogP) is 3.79. The molecule has 0 bridgehead atoms. The highest BCUT2D eigenvalue weighted by atomic mass is 127. The van der Waals surface area contributed by atoms with Gasteiger partial charge in [-0.1, -0.05) is 12.1 Å². The molecule has 138 valence electrons. The Balaban J connectivity index is 0.00000312. The van der Waals surface area contributed by atoms with E-state index in [-0.39, 0.29) is 30.5 Å². The van der Waals surface area contributed by atoms with Gasteiger partial charge in [-0.25, -0.2) is 4.98 Å². The van der Waals surface area contributed by atoms with Gasteiger partial charge in [0.2, 0.25) is 5.89 Å². The fourth-order valence-electron chi connectivity index (χ4n) is 2.04. The summed E-state index contributed by atoms with van der Waals surface area (Å²) < 4.78 is 43.5. The highest BCUT2D eigenvalue weighted by Gasteiger charge is 2.30. The lowest BCUT2D eigenvalue weighted by Gasteiger charge is -2.12. The first kappa shape index (κ1) is 21.3. The molecule has 0 fully saturated rings. The van der Waals surface area contributed by atoms with Gasteiger partial charge in [0, 0.05) is 13.6 Å². The van der Waals surface area contributed by atoms with E-state index in [4.69, 9.17) is 4.42 Å². The molecular formula is C16H20F3IN4O. The van der Waals surface area contributed by atoms with Gasteiger partial charge in [0.25, 0.3) is 0 Å². The van der Waals surface area contributed by atoms with Crippen LogP contribution in [0.25, 0.3) is 0 Å². The van der Waals surface area contributed by atoms with Crippen LogP contribution < -0.4 is 10.6 Å². The topological polar surface area (TPSA) is 62.5 Å². The molecule has 1 aromatic heterocycles. The van der Waals surface area contributed by atoms with Gasteiger partial charge in [0.15, 0.2) is 5.96 Å². The lowest BCUT2D eigenvalue weighted by molar-refractivity contribution is -0.137. The number of oxazole rings is 1. The summed E-state index contributed by atoms with van der Waals surface area (Å²) in [6.45, 7) is 4.22. The fourth-order valence-corrected chi connectivity index (χ4v) is 2.04. The van der Waals surface area contributed by atoms with Crippen molar-refractivity contribution in [3.05, 3.63) is 52.7 Å². The van der Waals surface area contributed by atoms with Crippen LogP contribution in [-0.4, -0.2) is 18.0 Å². The Hall–Kier alpha value is -1.78. The second kappa shape index (κ2) is 9.07. The van der Waals surface area contributed by atoms with Crippen LogP contribution >= 0.6 is 24.0 Å². The van der Waals surface area contributed by atoms with Gasteiger partial charge in [-0.2, -0.15) is 13.2 Å². The first-order chi connectivity index (χ1) is 11.3. The van der Waals surface area contributed by atoms with E-state index in [1.54, 1.807) is 13.1 Å². The van der Waals surface area contributed by atoms with E-state index in [1.807, 2.05) is 13.8 Å². The third-order valence-electron chi connectivity index (χ3n) is 3.42. The number of hydrogen-bond donors (Lipinski definition) is 2. The monoisotopic (exact) mass is 468 g/mol. The third kappa shape index (κ3) is 6.22. The summed E-state index contributed by atoms with van der Waals surface area (Å²) in [5.41, 5.74) is 0.657. The van der Waals surface area contributed by atoms with Crippen molar-refractivity contribution >= 4 is 29.9 Å². The standard InChI is InChI=1S/C16H19F3N4O.HI/c1-10-11(2)24-14(23-10)9-22-15(20-3)21-8-12-5-4-6-13(7-12)16(17,18)19;/h4-7H,8-9H2,1-3H3,(H2,20,21,22);1H. The number of rotatable bonds is 4. The van der Waals surface area contributed by atoms with Crippen LogP contribution in [0.3, 0.4) is 0 Å². The zero-order chi connectivity index (χ0) is 17.7. The number of nitrogens with zero attached hydrogens (tertiary/aromatic N) is 2. The Morgan fingerprint density at radius 3 is 2.44 bits per heavy atom. The van der Waals surface area contributed by atoms with E-state index in [2.05, 4.69) is 20.6 Å². The molecule has 0 aliphatic heterocycles. The third-order valence-corrected chi connectivity index (χ3v) is 3.42. The van der Waals surface area contributed by atoms with Gasteiger partial charge >= 0.3 is 6.18 Å². The Morgan fingerprint density at radius 1 is 1.20 bits per heavy atom. The van der Waals surface area contributed by atoms with Crippen molar-refractivity contribution in [2.75, 3.05) is 7.05 Å². The summed E-state index contributed by atoms with van der Waals surface area (Å²) in [5, 5.41) is 5.96. The highest BCUT2D eigenvalue weighted by molar-refractivity contribution is 14.0. The second-order valence-corrected chi connectivity index (χ2v) is 5.23. The SMILES string of the molecule is CN=C(NCc1cccc(C(F)(F)F)c1)NCc1nc(C)c(C)o1.I. The minimum Gasteiger partial charge on any atom is -0.444 e. The quantitative estimate of drug-likeness (QED) is 0.408. The number of aryl methyl sites for hydroxylation is 2. The normalized spacial score (nSPS) is 11.8. The summed E-state index contributed by atoms with van der Waals surface area (Å²) in [7, 11) is 1.58. The summed E-state index contributed by atoms with van der Waals surface area (Å²) >= 11 is 0. The Kier molecular flexibility index (Phi) is 7.71. The van der Waals surface area contributed by atoms with Crippen LogP contribution in [-0.2, 0) is 19.3 Å². The molecule has 5 nitrogen and oxygen atoms in total. The number of halogens is 4. The molecule has 0 atom stereocenters. The fraction of sp³-hybridized carbons (Fsp3) is 0.375. The first-order valence-electron chi connectivity index (χ1n) is 7.33. The maximum Gasteiger partial charge on any atom is 0.416 e. The molecule has 0 saturated carbocycles. The molecular weight excluding hydrogens is 448 g/mol. The zero-order valence-electron chi connectivity index (χ0n) is 14.1. The minimum absolute atomic E-state index is 0. The van der Waals surface area contributed by atoms with E-state index in [1.165, 1.54) is 6.07 Å².